The molecule has 0 spiro atoms. The number of hydrogen-bond acceptors (Lipinski definition) is 2. The molecule has 1 aliphatic carbocycles. The van der Waals surface area contributed by atoms with Crippen LogP contribution in [0.25, 0.3) is 22.3 Å². The van der Waals surface area contributed by atoms with Gasteiger partial charge in [-0.15, -0.1) is 0 Å². The van der Waals surface area contributed by atoms with Crippen LogP contribution in [-0.2, 0) is 21.7 Å². The lowest BCUT2D eigenvalue weighted by atomic mass is 9.33. The molecule has 3 heteroatoms. The molecule has 0 aromatic heterocycles. The summed E-state index contributed by atoms with van der Waals surface area (Å²) in [5, 5.41) is 0. The molecule has 316 valence electrons. The molecule has 2 aliphatic heterocycles. The van der Waals surface area contributed by atoms with Crippen molar-refractivity contribution in [3.05, 3.63) is 173 Å². The molecule has 0 unspecified atom stereocenters. The Bertz CT molecular complexity index is 3060. The summed E-state index contributed by atoms with van der Waals surface area (Å²) in [4.78, 5) is 4.84. The first-order chi connectivity index (χ1) is 31.0. The van der Waals surface area contributed by atoms with Crippen molar-refractivity contribution in [3.63, 3.8) is 0 Å². The third-order valence-corrected chi connectivity index (χ3v) is 14.6. The van der Waals surface area contributed by atoms with E-state index in [1.54, 1.807) is 0 Å². The number of fused-ring (bicyclic) bond motifs is 5. The molecular formula is C60H63BN2. The summed E-state index contributed by atoms with van der Waals surface area (Å²) in [6.07, 6.45) is 2.19. The smallest absolute Gasteiger partial charge is 0.252 e. The van der Waals surface area contributed by atoms with Gasteiger partial charge in [-0.05, 0) is 157 Å². The van der Waals surface area contributed by atoms with Crippen molar-refractivity contribution in [2.75, 3.05) is 9.80 Å². The van der Waals surface area contributed by atoms with Crippen LogP contribution in [0.3, 0.4) is 0 Å². The maximum Gasteiger partial charge on any atom is 0.252 e. The second-order valence-corrected chi connectivity index (χ2v) is 22.0. The molecule has 0 bridgehead atoms. The van der Waals surface area contributed by atoms with Gasteiger partial charge in [0.2, 0.25) is 0 Å². The molecule has 3 aliphatic rings. The minimum absolute atomic E-state index is 0.0326. The lowest BCUT2D eigenvalue weighted by molar-refractivity contribution is 0.332. The van der Waals surface area contributed by atoms with Crippen LogP contribution in [0.2, 0.25) is 0 Å². The van der Waals surface area contributed by atoms with Gasteiger partial charge >= 0.3 is 0 Å². The van der Waals surface area contributed by atoms with Crippen LogP contribution in [0.4, 0.5) is 34.1 Å². The monoisotopic (exact) mass is 826 g/mol. The SMILES string of the molecule is [2H]C([2H])([2H])c1cc2c3c(c1)N(c1ccc(C(C)(C)C)cc1-c1ccccc1)c1cc4c(cc1B3c1ccc(-c3ccccc3)cc1N2c1ccc(C(C)(C)C)cc1C)C(C)(C)CCC4(C)C. The molecule has 10 rings (SSSR count). The molecule has 0 amide bonds. The van der Waals surface area contributed by atoms with Crippen LogP contribution in [0.5, 0.6) is 0 Å². The van der Waals surface area contributed by atoms with Gasteiger partial charge in [0.05, 0.1) is 5.69 Å². The summed E-state index contributed by atoms with van der Waals surface area (Å²) in [5.41, 5.74) is 20.7. The molecule has 0 fully saturated rings. The Morgan fingerprint density at radius 3 is 1.62 bits per heavy atom. The molecule has 7 aromatic rings. The van der Waals surface area contributed by atoms with Crippen molar-refractivity contribution < 1.29 is 4.11 Å². The summed E-state index contributed by atoms with van der Waals surface area (Å²) in [6, 6.07) is 51.2. The maximum absolute atomic E-state index is 9.14. The van der Waals surface area contributed by atoms with Gasteiger partial charge in [0.15, 0.2) is 0 Å². The van der Waals surface area contributed by atoms with Crippen LogP contribution < -0.4 is 26.2 Å². The Hall–Kier alpha value is -5.80. The summed E-state index contributed by atoms with van der Waals surface area (Å²) in [5.74, 6) is 0. The summed E-state index contributed by atoms with van der Waals surface area (Å²) in [7, 11) is 0. The van der Waals surface area contributed by atoms with Gasteiger partial charge in [0, 0.05) is 38.1 Å². The van der Waals surface area contributed by atoms with Crippen molar-refractivity contribution in [2.45, 2.75) is 118 Å². The number of anilines is 6. The van der Waals surface area contributed by atoms with E-state index in [1.807, 2.05) is 12.1 Å². The molecule has 2 heterocycles. The fraction of sp³-hybridized carbons (Fsp3) is 0.300. The normalized spacial score (nSPS) is 16.9. The maximum atomic E-state index is 9.14. The zero-order chi connectivity index (χ0) is 46.9. The predicted octanol–water partition coefficient (Wildman–Crippen LogP) is 14.7. The van der Waals surface area contributed by atoms with E-state index in [9.17, 15) is 0 Å². The predicted molar refractivity (Wildman–Crippen MR) is 273 cm³/mol. The van der Waals surface area contributed by atoms with Crippen LogP contribution in [-0.4, -0.2) is 6.71 Å². The summed E-state index contributed by atoms with van der Waals surface area (Å²) < 4.78 is 27.4. The van der Waals surface area contributed by atoms with Gasteiger partial charge in [-0.3, -0.25) is 0 Å². The Morgan fingerprint density at radius 2 is 1.03 bits per heavy atom. The number of nitrogens with zero attached hydrogens (tertiary/aromatic N) is 2. The first kappa shape index (κ1) is 37.7. The summed E-state index contributed by atoms with van der Waals surface area (Å²) in [6.45, 7) is 22.9. The highest BCUT2D eigenvalue weighted by atomic mass is 15.2. The molecule has 0 radical (unpaired) electrons. The molecule has 0 saturated carbocycles. The number of hydrogen-bond donors (Lipinski definition) is 0. The van der Waals surface area contributed by atoms with Gasteiger partial charge < -0.3 is 9.80 Å². The zero-order valence-corrected chi connectivity index (χ0v) is 39.2. The van der Waals surface area contributed by atoms with E-state index in [-0.39, 0.29) is 28.4 Å². The minimum Gasteiger partial charge on any atom is -0.311 e. The van der Waals surface area contributed by atoms with Crippen LogP contribution in [0.15, 0.2) is 140 Å². The Kier molecular flexibility index (Phi) is 8.60. The minimum atomic E-state index is -2.38. The van der Waals surface area contributed by atoms with Crippen molar-refractivity contribution in [2.24, 2.45) is 0 Å². The largest absolute Gasteiger partial charge is 0.311 e. The number of rotatable bonds is 4. The van der Waals surface area contributed by atoms with Crippen LogP contribution in [0.1, 0.15) is 120 Å². The summed E-state index contributed by atoms with van der Waals surface area (Å²) >= 11 is 0. The molecule has 2 nitrogen and oxygen atoms in total. The van der Waals surface area contributed by atoms with Crippen molar-refractivity contribution in [1.82, 2.24) is 0 Å². The molecular weight excluding hydrogens is 759 g/mol. The highest BCUT2D eigenvalue weighted by Crippen LogP contribution is 2.52. The van der Waals surface area contributed by atoms with Gasteiger partial charge in [-0.1, -0.05) is 166 Å². The topological polar surface area (TPSA) is 6.48 Å². The average Bonchev–Trinajstić information content (AvgIpc) is 3.27. The second-order valence-electron chi connectivity index (χ2n) is 22.0. The molecule has 0 atom stereocenters. The van der Waals surface area contributed by atoms with Crippen LogP contribution in [0, 0.1) is 13.8 Å². The first-order valence-electron chi connectivity index (χ1n) is 24.5. The highest BCUT2D eigenvalue weighted by Gasteiger charge is 2.47. The van der Waals surface area contributed by atoms with E-state index in [0.29, 0.717) is 5.56 Å². The van der Waals surface area contributed by atoms with Gasteiger partial charge in [-0.25, -0.2) is 0 Å². The average molecular weight is 826 g/mol. The van der Waals surface area contributed by atoms with Gasteiger partial charge in [0.1, 0.15) is 0 Å². The van der Waals surface area contributed by atoms with Crippen molar-refractivity contribution in [3.8, 4) is 22.3 Å². The van der Waals surface area contributed by atoms with E-state index >= 15 is 0 Å². The third-order valence-electron chi connectivity index (χ3n) is 14.6. The van der Waals surface area contributed by atoms with E-state index in [4.69, 9.17) is 4.11 Å². The quantitative estimate of drug-likeness (QED) is 0.163. The lowest BCUT2D eigenvalue weighted by Gasteiger charge is -2.48. The third kappa shape index (κ3) is 6.77. The highest BCUT2D eigenvalue weighted by molar-refractivity contribution is 7.00. The van der Waals surface area contributed by atoms with E-state index in [0.717, 1.165) is 80.2 Å². The Morgan fingerprint density at radius 1 is 0.492 bits per heavy atom. The van der Waals surface area contributed by atoms with E-state index in [1.165, 1.54) is 33.2 Å². The Balaban J connectivity index is 1.37. The fourth-order valence-electron chi connectivity index (χ4n) is 10.8. The van der Waals surface area contributed by atoms with Crippen LogP contribution >= 0.6 is 0 Å². The molecule has 0 N–H and O–H groups in total. The first-order valence-corrected chi connectivity index (χ1v) is 23.0. The fourth-order valence-corrected chi connectivity index (χ4v) is 10.8. The number of benzene rings is 7. The Labute approximate surface area is 382 Å². The van der Waals surface area contributed by atoms with Crippen molar-refractivity contribution >= 4 is 57.2 Å². The molecule has 63 heavy (non-hydrogen) atoms. The standard InChI is InChI=1S/C60H63BN2/c1-38-31-54-56-55(32-38)63(51-28-25-44(58(6,7)8)35-45(51)41-21-17-14-18-22-41)53-37-47-46(59(9,10)29-30-60(47,11)12)36-49(53)61(56)48-26-23-42(40-19-15-13-16-20-40)34-52(48)62(54)50-27-24-43(33-39(50)2)57(3,4)5/h13-28,31-37H,29-30H2,1-12H3/i1D3. The van der Waals surface area contributed by atoms with Gasteiger partial charge in [0.25, 0.3) is 6.71 Å². The molecule has 0 saturated heterocycles. The van der Waals surface area contributed by atoms with Gasteiger partial charge in [-0.2, -0.15) is 0 Å². The number of aryl methyl sites for hydroxylation is 2. The van der Waals surface area contributed by atoms with E-state index in [2.05, 4.69) is 213 Å². The van der Waals surface area contributed by atoms with E-state index < -0.39 is 6.85 Å². The zero-order valence-electron chi connectivity index (χ0n) is 42.2. The second kappa shape index (κ2) is 14.4. The van der Waals surface area contributed by atoms with Crippen molar-refractivity contribution in [1.29, 1.82) is 0 Å². The molecule has 7 aromatic carbocycles. The lowest BCUT2D eigenvalue weighted by Crippen LogP contribution is -2.62.